The summed E-state index contributed by atoms with van der Waals surface area (Å²) in [4.78, 5) is 31.5. The summed E-state index contributed by atoms with van der Waals surface area (Å²) < 4.78 is 11.7. The summed E-state index contributed by atoms with van der Waals surface area (Å²) in [5.41, 5.74) is 1.91. The maximum atomic E-state index is 11.9. The largest absolute Gasteiger partial charge is 0.472 e. The third-order valence-corrected chi connectivity index (χ3v) is 6.28. The third kappa shape index (κ3) is 4.14. The molecule has 0 bridgehead atoms. The summed E-state index contributed by atoms with van der Waals surface area (Å²) in [6.45, 7) is 4.31. The van der Waals surface area contributed by atoms with Crippen LogP contribution in [0.1, 0.15) is 30.4 Å². The zero-order chi connectivity index (χ0) is 21.9. The van der Waals surface area contributed by atoms with Crippen LogP contribution in [0.3, 0.4) is 0 Å². The van der Waals surface area contributed by atoms with E-state index in [0.29, 0.717) is 57.8 Å². The number of nitrogens with zero attached hydrogens (tertiary/aromatic N) is 6. The zero-order valence-corrected chi connectivity index (χ0v) is 18.0. The summed E-state index contributed by atoms with van der Waals surface area (Å²) in [5.74, 6) is 1.97. The zero-order valence-electron chi connectivity index (χ0n) is 18.0. The first kappa shape index (κ1) is 20.7. The molecule has 2 aromatic rings. The van der Waals surface area contributed by atoms with Gasteiger partial charge in [0.1, 0.15) is 18.6 Å². The Bertz CT molecular complexity index is 953. The average Bonchev–Trinajstić information content (AvgIpc) is 3.28. The normalized spacial score (nSPS) is 20.9. The fourth-order valence-corrected chi connectivity index (χ4v) is 4.65. The van der Waals surface area contributed by atoms with E-state index in [0.717, 1.165) is 42.6 Å². The number of hydrogen-bond acceptors (Lipinski definition) is 8. The van der Waals surface area contributed by atoms with Gasteiger partial charge in [0.2, 0.25) is 11.8 Å². The highest BCUT2D eigenvalue weighted by Crippen LogP contribution is 2.38. The molecule has 0 aliphatic carbocycles. The molecule has 32 heavy (non-hydrogen) atoms. The molecule has 10 heteroatoms. The van der Waals surface area contributed by atoms with Crippen LogP contribution in [0.15, 0.2) is 24.5 Å². The lowest BCUT2D eigenvalue weighted by molar-refractivity contribution is 0.105. The van der Waals surface area contributed by atoms with Crippen molar-refractivity contribution in [1.29, 1.82) is 0 Å². The predicted molar refractivity (Wildman–Crippen MR) is 117 cm³/mol. The summed E-state index contributed by atoms with van der Waals surface area (Å²) in [7, 11) is 0. The molecule has 1 unspecified atom stereocenters. The van der Waals surface area contributed by atoms with Gasteiger partial charge in [-0.1, -0.05) is 6.07 Å². The van der Waals surface area contributed by atoms with Gasteiger partial charge in [-0.05, 0) is 31.7 Å². The first-order chi connectivity index (χ1) is 15.7. The van der Waals surface area contributed by atoms with Crippen molar-refractivity contribution in [1.82, 2.24) is 19.9 Å². The van der Waals surface area contributed by atoms with Gasteiger partial charge in [0.15, 0.2) is 0 Å². The van der Waals surface area contributed by atoms with Crippen molar-refractivity contribution in [3.63, 3.8) is 0 Å². The summed E-state index contributed by atoms with van der Waals surface area (Å²) in [6, 6.07) is 3.85. The monoisotopic (exact) mass is 440 g/mol. The van der Waals surface area contributed by atoms with E-state index in [-0.39, 0.29) is 6.17 Å². The Morgan fingerprint density at radius 2 is 2.06 bits per heavy atom. The third-order valence-electron chi connectivity index (χ3n) is 6.28. The molecule has 2 saturated heterocycles. The topological polar surface area (TPSA) is 104 Å². The van der Waals surface area contributed by atoms with Crippen LogP contribution < -0.4 is 14.5 Å². The quantitative estimate of drug-likeness (QED) is 0.749. The van der Waals surface area contributed by atoms with Crippen molar-refractivity contribution < 1.29 is 19.4 Å². The molecular weight excluding hydrogens is 412 g/mol. The predicted octanol–water partition coefficient (Wildman–Crippen LogP) is 2.14. The highest BCUT2D eigenvalue weighted by atomic mass is 16.5. The highest BCUT2D eigenvalue weighted by molar-refractivity contribution is 5.67. The lowest BCUT2D eigenvalue weighted by atomic mass is 10.1. The molecule has 10 nitrogen and oxygen atoms in total. The van der Waals surface area contributed by atoms with Crippen LogP contribution in [0, 0.1) is 0 Å². The number of carboxylic acid groups (broad SMARTS) is 1. The van der Waals surface area contributed by atoms with Gasteiger partial charge in [-0.25, -0.2) is 4.79 Å². The lowest BCUT2D eigenvalue weighted by Crippen LogP contribution is -2.53. The molecule has 5 rings (SSSR count). The number of ether oxygens (including phenoxy) is 2. The number of amides is 1. The smallest absolute Gasteiger partial charge is 0.408 e. The minimum absolute atomic E-state index is 0.207. The van der Waals surface area contributed by atoms with E-state index in [9.17, 15) is 9.90 Å². The van der Waals surface area contributed by atoms with Gasteiger partial charge < -0.3 is 24.4 Å². The van der Waals surface area contributed by atoms with E-state index < -0.39 is 6.09 Å². The van der Waals surface area contributed by atoms with Gasteiger partial charge in [-0.2, -0.15) is 9.97 Å². The van der Waals surface area contributed by atoms with E-state index >= 15 is 0 Å². The Labute approximate surface area is 186 Å². The molecular formula is C22H28N6O4. The number of pyridine rings is 1. The molecule has 1 N–H and O–H groups in total. The highest BCUT2D eigenvalue weighted by Gasteiger charge is 2.38. The van der Waals surface area contributed by atoms with Gasteiger partial charge in [0.05, 0.1) is 18.8 Å². The Morgan fingerprint density at radius 1 is 1.19 bits per heavy atom. The van der Waals surface area contributed by atoms with E-state index in [4.69, 9.17) is 19.4 Å². The molecule has 0 spiro atoms. The number of morpholine rings is 1. The molecule has 3 aliphatic heterocycles. The van der Waals surface area contributed by atoms with Crippen molar-refractivity contribution in [3.8, 4) is 5.88 Å². The summed E-state index contributed by atoms with van der Waals surface area (Å²) in [5, 5.41) is 9.75. The SMILES string of the molecule is O=C(O)N1CCCCC1N1CCc2c(OCc3cccnc3)nc(N3CCOCC3)nc21. The number of aromatic nitrogens is 3. The molecule has 0 radical (unpaired) electrons. The number of likely N-dealkylation sites (tertiary alicyclic amines) is 1. The second-order valence-corrected chi connectivity index (χ2v) is 8.28. The van der Waals surface area contributed by atoms with Crippen LogP contribution in [0.2, 0.25) is 0 Å². The maximum Gasteiger partial charge on any atom is 0.408 e. The number of hydrogen-bond donors (Lipinski definition) is 1. The molecule has 1 amide bonds. The van der Waals surface area contributed by atoms with E-state index in [2.05, 4.69) is 14.8 Å². The minimum atomic E-state index is -0.876. The van der Waals surface area contributed by atoms with E-state index in [1.54, 1.807) is 17.3 Å². The Kier molecular flexibility index (Phi) is 5.93. The second-order valence-electron chi connectivity index (χ2n) is 8.28. The maximum absolute atomic E-state index is 11.9. The minimum Gasteiger partial charge on any atom is -0.472 e. The van der Waals surface area contributed by atoms with Crippen molar-refractivity contribution >= 4 is 17.9 Å². The molecule has 170 valence electrons. The van der Waals surface area contributed by atoms with Crippen molar-refractivity contribution in [2.75, 3.05) is 49.2 Å². The van der Waals surface area contributed by atoms with Gasteiger partial charge in [-0.3, -0.25) is 9.88 Å². The standard InChI is InChI=1S/C22H28N6O4/c29-22(30)28-8-2-1-5-18(28)27-9-6-17-19(27)24-21(26-10-12-31-13-11-26)25-20(17)32-15-16-4-3-7-23-14-16/h3-4,7,14,18H,1-2,5-6,8-13,15H2,(H,29,30). The number of piperidine rings is 1. The molecule has 2 fully saturated rings. The van der Waals surface area contributed by atoms with E-state index in [1.165, 1.54) is 0 Å². The number of fused-ring (bicyclic) bond motifs is 1. The van der Waals surface area contributed by atoms with Crippen molar-refractivity contribution in [2.45, 2.75) is 38.5 Å². The molecule has 5 heterocycles. The van der Waals surface area contributed by atoms with Gasteiger partial charge in [0.25, 0.3) is 0 Å². The van der Waals surface area contributed by atoms with Gasteiger partial charge in [-0.15, -0.1) is 0 Å². The van der Waals surface area contributed by atoms with Crippen LogP contribution in [-0.4, -0.2) is 76.6 Å². The second kappa shape index (κ2) is 9.15. The van der Waals surface area contributed by atoms with Crippen LogP contribution in [0.5, 0.6) is 5.88 Å². The summed E-state index contributed by atoms with van der Waals surface area (Å²) >= 11 is 0. The Balaban J connectivity index is 1.48. The molecule has 0 saturated carbocycles. The fourth-order valence-electron chi connectivity index (χ4n) is 4.65. The molecule has 1 atom stereocenters. The van der Waals surface area contributed by atoms with Gasteiger partial charge >= 0.3 is 6.09 Å². The summed E-state index contributed by atoms with van der Waals surface area (Å²) in [6.07, 6.45) is 5.86. The van der Waals surface area contributed by atoms with Crippen molar-refractivity contribution in [2.24, 2.45) is 0 Å². The van der Waals surface area contributed by atoms with Crippen molar-refractivity contribution in [3.05, 3.63) is 35.7 Å². The van der Waals surface area contributed by atoms with Crippen LogP contribution in [0.25, 0.3) is 0 Å². The van der Waals surface area contributed by atoms with Crippen LogP contribution >= 0.6 is 0 Å². The molecule has 2 aromatic heterocycles. The van der Waals surface area contributed by atoms with Crippen LogP contribution in [0.4, 0.5) is 16.6 Å². The van der Waals surface area contributed by atoms with Gasteiger partial charge in [0, 0.05) is 44.1 Å². The Morgan fingerprint density at radius 3 is 2.84 bits per heavy atom. The number of anilines is 2. The molecule has 3 aliphatic rings. The average molecular weight is 441 g/mol. The lowest BCUT2D eigenvalue weighted by Gasteiger charge is -2.40. The fraction of sp³-hybridized carbons (Fsp3) is 0.545. The Hall–Kier alpha value is -3.14. The number of carbonyl (C=O) groups is 1. The van der Waals surface area contributed by atoms with Crippen LogP contribution in [-0.2, 0) is 17.8 Å². The first-order valence-electron chi connectivity index (χ1n) is 11.2. The number of rotatable bonds is 5. The van der Waals surface area contributed by atoms with E-state index in [1.807, 2.05) is 12.1 Å². The first-order valence-corrected chi connectivity index (χ1v) is 11.2. The molecule has 0 aromatic carbocycles.